The van der Waals surface area contributed by atoms with Crippen LogP contribution in [0, 0.1) is 5.82 Å². The van der Waals surface area contributed by atoms with Crippen molar-refractivity contribution in [3.8, 4) is 0 Å². The number of carboxylic acid groups (broad SMARTS) is 1. The molecule has 0 unspecified atom stereocenters. The van der Waals surface area contributed by atoms with E-state index >= 15 is 0 Å². The fourth-order valence-electron chi connectivity index (χ4n) is 4.74. The summed E-state index contributed by atoms with van der Waals surface area (Å²) in [6, 6.07) is 11.4. The van der Waals surface area contributed by atoms with Gasteiger partial charge in [-0.2, -0.15) is 0 Å². The molecule has 1 N–H and O–H groups in total. The molecule has 0 heterocycles. The Morgan fingerprint density at radius 2 is 1.41 bits per heavy atom. The van der Waals surface area contributed by atoms with Gasteiger partial charge in [-0.25, -0.2) is 9.18 Å². The van der Waals surface area contributed by atoms with Crippen LogP contribution in [0.25, 0.3) is 0 Å². The van der Waals surface area contributed by atoms with Crippen molar-refractivity contribution in [3.63, 3.8) is 0 Å². The fourth-order valence-corrected chi connectivity index (χ4v) is 4.74. The van der Waals surface area contributed by atoms with E-state index in [4.69, 9.17) is 5.11 Å². The predicted molar refractivity (Wildman–Crippen MR) is 105 cm³/mol. The summed E-state index contributed by atoms with van der Waals surface area (Å²) in [5, 5.41) is 9.09. The molecule has 0 saturated heterocycles. The molecule has 1 saturated carbocycles. The molecule has 2 aromatic carbocycles. The molecule has 4 rings (SSSR count). The second kappa shape index (κ2) is 5.67. The summed E-state index contributed by atoms with van der Waals surface area (Å²) in [6.07, 6.45) is 4.29. The Morgan fingerprint density at radius 1 is 0.852 bits per heavy atom. The van der Waals surface area contributed by atoms with Crippen LogP contribution in [0.2, 0.25) is 0 Å². The van der Waals surface area contributed by atoms with Gasteiger partial charge in [0.05, 0.1) is 5.56 Å². The number of hydrogen-bond acceptors (Lipinski definition) is 1. The summed E-state index contributed by atoms with van der Waals surface area (Å²) in [7, 11) is 0. The van der Waals surface area contributed by atoms with Crippen LogP contribution in [-0.2, 0) is 16.2 Å². The number of fused-ring (bicyclic) bond motifs is 1. The second-order valence-electron chi connectivity index (χ2n) is 9.61. The van der Waals surface area contributed by atoms with E-state index in [0.29, 0.717) is 0 Å². The van der Waals surface area contributed by atoms with Crippen molar-refractivity contribution in [3.05, 3.63) is 70.0 Å². The largest absolute Gasteiger partial charge is 0.478 e. The molecule has 0 amide bonds. The first-order chi connectivity index (χ1) is 12.6. The van der Waals surface area contributed by atoms with Crippen LogP contribution in [0.3, 0.4) is 0 Å². The molecule has 3 heteroatoms. The van der Waals surface area contributed by atoms with Crippen LogP contribution < -0.4 is 0 Å². The molecule has 2 aliphatic rings. The lowest BCUT2D eigenvalue weighted by Gasteiger charge is -2.42. The summed E-state index contributed by atoms with van der Waals surface area (Å²) >= 11 is 0. The fraction of sp³-hybridized carbons (Fsp3) is 0.458. The van der Waals surface area contributed by atoms with Gasteiger partial charge in [-0.1, -0.05) is 52.0 Å². The van der Waals surface area contributed by atoms with Crippen LogP contribution in [0.5, 0.6) is 0 Å². The molecule has 2 aromatic rings. The lowest BCUT2D eigenvalue weighted by molar-refractivity contribution is 0.0692. The zero-order chi connectivity index (χ0) is 19.6. The van der Waals surface area contributed by atoms with Crippen molar-refractivity contribution in [1.29, 1.82) is 0 Å². The third kappa shape index (κ3) is 2.79. The van der Waals surface area contributed by atoms with Crippen LogP contribution >= 0.6 is 0 Å². The first-order valence-electron chi connectivity index (χ1n) is 9.76. The van der Waals surface area contributed by atoms with Gasteiger partial charge >= 0.3 is 5.97 Å². The standard InChI is InChI=1S/C24H27FO2/c1-22(2)9-10-23(3,4)19-13-15(6-8-18(19)22)24(11-12-24)16-5-7-17(21(26)27)20(25)14-16/h5-8,13-14H,9-12H2,1-4H3,(H,26,27). The Labute approximate surface area is 160 Å². The maximum absolute atomic E-state index is 14.3. The third-order valence-electron chi connectivity index (χ3n) is 6.91. The average molecular weight is 366 g/mol. The van der Waals surface area contributed by atoms with Crippen molar-refractivity contribution in [1.82, 2.24) is 0 Å². The van der Waals surface area contributed by atoms with E-state index in [9.17, 15) is 9.18 Å². The number of hydrogen-bond donors (Lipinski definition) is 1. The Bertz CT molecular complexity index is 935. The molecule has 2 aliphatic carbocycles. The zero-order valence-electron chi connectivity index (χ0n) is 16.5. The molecule has 0 atom stereocenters. The number of benzene rings is 2. The summed E-state index contributed by atoms with van der Waals surface area (Å²) in [6.45, 7) is 9.25. The maximum atomic E-state index is 14.3. The van der Waals surface area contributed by atoms with E-state index < -0.39 is 11.8 Å². The highest BCUT2D eigenvalue weighted by Crippen LogP contribution is 2.55. The molecule has 1 fully saturated rings. The van der Waals surface area contributed by atoms with Crippen LogP contribution in [0.15, 0.2) is 36.4 Å². The van der Waals surface area contributed by atoms with Crippen LogP contribution in [-0.4, -0.2) is 11.1 Å². The third-order valence-corrected chi connectivity index (χ3v) is 6.91. The molecule has 0 bridgehead atoms. The number of rotatable bonds is 3. The van der Waals surface area contributed by atoms with E-state index in [1.165, 1.54) is 35.2 Å². The lowest BCUT2D eigenvalue weighted by Crippen LogP contribution is -2.34. The molecule has 0 radical (unpaired) electrons. The van der Waals surface area contributed by atoms with Crippen molar-refractivity contribution >= 4 is 5.97 Å². The SMILES string of the molecule is CC1(C)CCC(C)(C)c2cc(C3(c4ccc(C(=O)O)c(F)c4)CC3)ccc21. The van der Waals surface area contributed by atoms with Crippen LogP contribution in [0.4, 0.5) is 4.39 Å². The Balaban J connectivity index is 1.81. The quantitative estimate of drug-likeness (QED) is 0.728. The summed E-state index contributed by atoms with van der Waals surface area (Å²) in [5.74, 6) is -1.87. The number of carbonyl (C=O) groups is 1. The lowest BCUT2D eigenvalue weighted by atomic mass is 9.62. The maximum Gasteiger partial charge on any atom is 0.338 e. The molecule has 27 heavy (non-hydrogen) atoms. The first-order valence-corrected chi connectivity index (χ1v) is 9.76. The van der Waals surface area contributed by atoms with Gasteiger partial charge in [-0.3, -0.25) is 0 Å². The van der Waals surface area contributed by atoms with Gasteiger partial charge in [0.15, 0.2) is 0 Å². The summed E-state index contributed by atoms with van der Waals surface area (Å²) in [5.41, 5.74) is 4.82. The highest BCUT2D eigenvalue weighted by Gasteiger charge is 2.47. The molecule has 0 aliphatic heterocycles. The zero-order valence-corrected chi connectivity index (χ0v) is 16.5. The van der Waals surface area contributed by atoms with Crippen molar-refractivity contribution in [2.45, 2.75) is 69.6 Å². The second-order valence-corrected chi connectivity index (χ2v) is 9.61. The Kier molecular flexibility index (Phi) is 3.82. The molecular weight excluding hydrogens is 339 g/mol. The summed E-state index contributed by atoms with van der Waals surface area (Å²) < 4.78 is 14.3. The topological polar surface area (TPSA) is 37.3 Å². The molecule has 0 aromatic heterocycles. The minimum Gasteiger partial charge on any atom is -0.478 e. The van der Waals surface area contributed by atoms with E-state index in [1.54, 1.807) is 6.07 Å². The Hall–Kier alpha value is -2.16. The van der Waals surface area contributed by atoms with Gasteiger partial charge in [0, 0.05) is 5.41 Å². The van der Waals surface area contributed by atoms with E-state index in [2.05, 4.69) is 45.9 Å². The number of carboxylic acids is 1. The van der Waals surface area contributed by atoms with Gasteiger partial charge in [0.2, 0.25) is 0 Å². The van der Waals surface area contributed by atoms with Gasteiger partial charge in [0.25, 0.3) is 0 Å². The highest BCUT2D eigenvalue weighted by atomic mass is 19.1. The number of halogens is 1. The molecule has 0 spiro atoms. The van der Waals surface area contributed by atoms with Gasteiger partial charge < -0.3 is 5.11 Å². The van der Waals surface area contributed by atoms with Gasteiger partial charge in [0.1, 0.15) is 5.82 Å². The van der Waals surface area contributed by atoms with Crippen LogP contribution in [0.1, 0.15) is 86.0 Å². The van der Waals surface area contributed by atoms with E-state index in [1.807, 2.05) is 0 Å². The number of aromatic carboxylic acids is 1. The van der Waals surface area contributed by atoms with Crippen molar-refractivity contribution in [2.24, 2.45) is 0 Å². The predicted octanol–water partition coefficient (Wildman–Crippen LogP) is 5.95. The highest BCUT2D eigenvalue weighted by molar-refractivity contribution is 5.88. The van der Waals surface area contributed by atoms with Crippen molar-refractivity contribution in [2.75, 3.05) is 0 Å². The Morgan fingerprint density at radius 3 is 1.96 bits per heavy atom. The minimum atomic E-state index is -1.22. The van der Waals surface area contributed by atoms with E-state index in [-0.39, 0.29) is 21.8 Å². The van der Waals surface area contributed by atoms with Gasteiger partial charge in [-0.15, -0.1) is 0 Å². The minimum absolute atomic E-state index is 0.134. The summed E-state index contributed by atoms with van der Waals surface area (Å²) in [4.78, 5) is 11.1. The van der Waals surface area contributed by atoms with Crippen molar-refractivity contribution < 1.29 is 14.3 Å². The van der Waals surface area contributed by atoms with E-state index in [0.717, 1.165) is 24.8 Å². The molecule has 2 nitrogen and oxygen atoms in total. The van der Waals surface area contributed by atoms with Gasteiger partial charge in [-0.05, 0) is 70.9 Å². The normalized spacial score (nSPS) is 21.4. The smallest absolute Gasteiger partial charge is 0.338 e. The average Bonchev–Trinajstić information content (AvgIpc) is 3.40. The monoisotopic (exact) mass is 366 g/mol. The molecular formula is C24H27FO2. The first kappa shape index (κ1) is 18.2. The molecule has 142 valence electrons.